The monoisotopic (exact) mass is 289 g/mol. The van der Waals surface area contributed by atoms with Gasteiger partial charge in [0.15, 0.2) is 0 Å². The lowest BCUT2D eigenvalue weighted by Gasteiger charge is -2.20. The second-order valence-electron chi connectivity index (χ2n) is 6.35. The summed E-state index contributed by atoms with van der Waals surface area (Å²) in [6, 6.07) is 2.12. The molecule has 0 spiro atoms. The molecule has 0 unspecified atom stereocenters. The molecule has 0 saturated carbocycles. The first-order valence-electron chi connectivity index (χ1n) is 6.88. The van der Waals surface area contributed by atoms with E-state index in [0.717, 1.165) is 29.5 Å². The average molecular weight is 289 g/mol. The lowest BCUT2D eigenvalue weighted by Crippen LogP contribution is -2.40. The van der Waals surface area contributed by atoms with E-state index in [4.69, 9.17) is 5.73 Å². The molecule has 0 radical (unpaired) electrons. The van der Waals surface area contributed by atoms with Crippen molar-refractivity contribution in [3.8, 4) is 0 Å². The molecule has 0 bridgehead atoms. The van der Waals surface area contributed by atoms with Crippen molar-refractivity contribution in [3.05, 3.63) is 22.2 Å². The van der Waals surface area contributed by atoms with E-state index in [2.05, 4.69) is 16.4 Å². The van der Waals surface area contributed by atoms with Gasteiger partial charge in [-0.1, -0.05) is 0 Å². The Morgan fingerprint density at radius 3 is 2.85 bits per heavy atom. The van der Waals surface area contributed by atoms with E-state index in [1.165, 1.54) is 22.6 Å². The number of hydrogen-bond donors (Lipinski definition) is 2. The van der Waals surface area contributed by atoms with Gasteiger partial charge in [0.2, 0.25) is 0 Å². The number of carbonyl (C=O) groups is 1. The number of pyridine rings is 1. The van der Waals surface area contributed by atoms with Crippen molar-refractivity contribution in [2.75, 3.05) is 5.73 Å². The second-order valence-corrected chi connectivity index (χ2v) is 7.35. The zero-order valence-corrected chi connectivity index (χ0v) is 12.9. The molecule has 1 aliphatic carbocycles. The van der Waals surface area contributed by atoms with Gasteiger partial charge >= 0.3 is 0 Å². The first kappa shape index (κ1) is 13.4. The van der Waals surface area contributed by atoms with Crippen molar-refractivity contribution < 1.29 is 4.79 Å². The number of aryl methyl sites for hydroxylation is 2. The number of aromatic nitrogens is 1. The molecule has 3 N–H and O–H groups in total. The van der Waals surface area contributed by atoms with Crippen molar-refractivity contribution in [1.82, 2.24) is 10.3 Å². The number of nitrogens with zero attached hydrogens (tertiary/aromatic N) is 1. The molecule has 1 amide bonds. The van der Waals surface area contributed by atoms with E-state index in [0.29, 0.717) is 10.6 Å². The zero-order valence-electron chi connectivity index (χ0n) is 12.0. The highest BCUT2D eigenvalue weighted by Crippen LogP contribution is 2.35. The van der Waals surface area contributed by atoms with Gasteiger partial charge in [0.25, 0.3) is 5.91 Å². The Bertz CT molecular complexity index is 697. The van der Waals surface area contributed by atoms with Crippen LogP contribution >= 0.6 is 11.3 Å². The van der Waals surface area contributed by atoms with Crippen LogP contribution < -0.4 is 11.1 Å². The second kappa shape index (κ2) is 4.45. The largest absolute Gasteiger partial charge is 0.397 e. The molecule has 106 valence electrons. The molecule has 5 heteroatoms. The maximum Gasteiger partial charge on any atom is 0.263 e. The Balaban J connectivity index is 2.05. The molecule has 0 aromatic carbocycles. The zero-order chi connectivity index (χ0) is 14.5. The Morgan fingerprint density at radius 2 is 2.15 bits per heavy atom. The third kappa shape index (κ3) is 2.26. The summed E-state index contributed by atoms with van der Waals surface area (Å²) in [6.45, 7) is 5.88. The summed E-state index contributed by atoms with van der Waals surface area (Å²) >= 11 is 1.39. The number of nitrogens with two attached hydrogens (primary N) is 1. The minimum atomic E-state index is -0.269. The molecule has 3 rings (SSSR count). The van der Waals surface area contributed by atoms with Crippen LogP contribution in [-0.2, 0) is 12.8 Å². The van der Waals surface area contributed by atoms with Crippen molar-refractivity contribution in [2.45, 2.75) is 45.6 Å². The van der Waals surface area contributed by atoms with E-state index in [-0.39, 0.29) is 11.4 Å². The SMILES string of the molecule is CC(C)(C)NC(=O)c1sc2nc3c(cc2c1N)CCC3. The number of hydrogen-bond acceptors (Lipinski definition) is 4. The van der Waals surface area contributed by atoms with Crippen LogP contribution in [0, 0.1) is 0 Å². The first-order chi connectivity index (χ1) is 9.35. The molecule has 0 atom stereocenters. The fourth-order valence-corrected chi connectivity index (χ4v) is 3.56. The molecule has 0 fully saturated rings. The van der Waals surface area contributed by atoms with Crippen LogP contribution in [0.15, 0.2) is 6.07 Å². The van der Waals surface area contributed by atoms with Gasteiger partial charge in [0.1, 0.15) is 9.71 Å². The van der Waals surface area contributed by atoms with Gasteiger partial charge in [-0.3, -0.25) is 4.79 Å². The van der Waals surface area contributed by atoms with E-state index in [1.54, 1.807) is 0 Å². The van der Waals surface area contributed by atoms with Gasteiger partial charge in [-0.15, -0.1) is 11.3 Å². The van der Waals surface area contributed by atoms with Gasteiger partial charge in [-0.25, -0.2) is 4.98 Å². The fraction of sp³-hybridized carbons (Fsp3) is 0.467. The topological polar surface area (TPSA) is 68.0 Å². The van der Waals surface area contributed by atoms with Gasteiger partial charge in [-0.2, -0.15) is 0 Å². The number of thiophene rings is 1. The third-order valence-electron chi connectivity index (χ3n) is 3.44. The van der Waals surface area contributed by atoms with Crippen LogP contribution in [0.25, 0.3) is 10.2 Å². The highest BCUT2D eigenvalue weighted by molar-refractivity contribution is 7.21. The van der Waals surface area contributed by atoms with Gasteiger partial charge in [-0.05, 0) is 51.7 Å². The Hall–Kier alpha value is -1.62. The predicted octanol–water partition coefficient (Wildman–Crippen LogP) is 2.90. The smallest absolute Gasteiger partial charge is 0.263 e. The van der Waals surface area contributed by atoms with Crippen LogP contribution in [0.4, 0.5) is 5.69 Å². The minimum absolute atomic E-state index is 0.113. The van der Waals surface area contributed by atoms with E-state index in [9.17, 15) is 4.79 Å². The van der Waals surface area contributed by atoms with Crippen LogP contribution in [0.2, 0.25) is 0 Å². The Kier molecular flexibility index (Phi) is 2.97. The summed E-state index contributed by atoms with van der Waals surface area (Å²) < 4.78 is 0. The van der Waals surface area contributed by atoms with Gasteiger partial charge < -0.3 is 11.1 Å². The number of fused-ring (bicyclic) bond motifs is 2. The highest BCUT2D eigenvalue weighted by atomic mass is 32.1. The minimum Gasteiger partial charge on any atom is -0.397 e. The first-order valence-corrected chi connectivity index (χ1v) is 7.70. The molecule has 4 nitrogen and oxygen atoms in total. The summed E-state index contributed by atoms with van der Waals surface area (Å²) in [5.74, 6) is -0.113. The Morgan fingerprint density at radius 1 is 1.40 bits per heavy atom. The molecule has 2 aromatic heterocycles. The molecule has 0 aliphatic heterocycles. The quantitative estimate of drug-likeness (QED) is 0.848. The van der Waals surface area contributed by atoms with E-state index in [1.807, 2.05) is 20.8 Å². The highest BCUT2D eigenvalue weighted by Gasteiger charge is 2.23. The molecule has 1 aliphatic rings. The van der Waals surface area contributed by atoms with Crippen LogP contribution in [0.3, 0.4) is 0 Å². The van der Waals surface area contributed by atoms with Gasteiger partial charge in [0.05, 0.1) is 5.69 Å². The Labute approximate surface area is 122 Å². The van der Waals surface area contributed by atoms with Crippen molar-refractivity contribution in [3.63, 3.8) is 0 Å². The summed E-state index contributed by atoms with van der Waals surface area (Å²) in [4.78, 5) is 18.4. The van der Waals surface area contributed by atoms with Gasteiger partial charge in [0, 0.05) is 16.6 Å². The number of amides is 1. The molecule has 0 saturated heterocycles. The summed E-state index contributed by atoms with van der Waals surface area (Å²) in [5, 5.41) is 3.88. The molecule has 2 heterocycles. The number of carbonyl (C=O) groups excluding carboxylic acids is 1. The predicted molar refractivity (Wildman–Crippen MR) is 83.3 cm³/mol. The molecule has 20 heavy (non-hydrogen) atoms. The van der Waals surface area contributed by atoms with Crippen molar-refractivity contribution >= 4 is 33.1 Å². The summed E-state index contributed by atoms with van der Waals surface area (Å²) in [5.41, 5.74) is 8.91. The van der Waals surface area contributed by atoms with E-state index < -0.39 is 0 Å². The van der Waals surface area contributed by atoms with Crippen molar-refractivity contribution in [1.29, 1.82) is 0 Å². The van der Waals surface area contributed by atoms with Crippen LogP contribution in [0.1, 0.15) is 48.1 Å². The molecule has 2 aromatic rings. The number of anilines is 1. The lowest BCUT2D eigenvalue weighted by molar-refractivity contribution is 0.0924. The number of nitrogens with one attached hydrogen (secondary N) is 1. The fourth-order valence-electron chi connectivity index (χ4n) is 2.56. The molecular formula is C15H19N3OS. The van der Waals surface area contributed by atoms with E-state index >= 15 is 0 Å². The maximum absolute atomic E-state index is 12.3. The lowest BCUT2D eigenvalue weighted by atomic mass is 10.1. The van der Waals surface area contributed by atoms with Crippen LogP contribution in [-0.4, -0.2) is 16.4 Å². The average Bonchev–Trinajstić information content (AvgIpc) is 2.89. The standard InChI is InChI=1S/C15H19N3OS/c1-15(2,3)18-13(19)12-11(16)9-7-8-5-4-6-10(8)17-14(9)20-12/h7H,4-6,16H2,1-3H3,(H,18,19). The number of nitrogen functional groups attached to an aromatic ring is 1. The summed E-state index contributed by atoms with van der Waals surface area (Å²) in [7, 11) is 0. The van der Waals surface area contributed by atoms with Crippen LogP contribution in [0.5, 0.6) is 0 Å². The molecular weight excluding hydrogens is 270 g/mol. The summed E-state index contributed by atoms with van der Waals surface area (Å²) in [6.07, 6.45) is 3.26. The third-order valence-corrected chi connectivity index (χ3v) is 4.56. The normalized spacial score (nSPS) is 14.6. The number of rotatable bonds is 1. The van der Waals surface area contributed by atoms with Crippen molar-refractivity contribution in [2.24, 2.45) is 0 Å². The maximum atomic E-state index is 12.3.